The molecule has 0 saturated heterocycles. The van der Waals surface area contributed by atoms with Gasteiger partial charge in [0.2, 0.25) is 6.10 Å². The molecule has 0 aliphatic carbocycles. The van der Waals surface area contributed by atoms with Crippen LogP contribution in [0.4, 0.5) is 26.3 Å². The number of aliphatic carboxylic acids is 1. The molecule has 1 aliphatic rings. The molecule has 5 nitrogen and oxygen atoms in total. The van der Waals surface area contributed by atoms with Crippen molar-refractivity contribution in [1.29, 1.82) is 0 Å². The van der Waals surface area contributed by atoms with Crippen LogP contribution in [0.15, 0.2) is 17.7 Å². The SMILES string of the molecule is NCc1cc(OC(F)(F)F)cc2c1OC(C(F)(F)F)C(C(=O)O)=C2. The highest BCUT2D eigenvalue weighted by Crippen LogP contribution is 2.41. The molecule has 1 heterocycles. The molecule has 3 N–H and O–H groups in total. The number of carboxylic acid groups (broad SMARTS) is 1. The Morgan fingerprint density at radius 1 is 1.25 bits per heavy atom. The second-order valence-electron chi connectivity index (χ2n) is 4.70. The van der Waals surface area contributed by atoms with Crippen LogP contribution in [0.2, 0.25) is 0 Å². The van der Waals surface area contributed by atoms with E-state index in [1.807, 2.05) is 0 Å². The van der Waals surface area contributed by atoms with Crippen molar-refractivity contribution < 1.29 is 45.7 Å². The van der Waals surface area contributed by atoms with Crippen molar-refractivity contribution in [1.82, 2.24) is 0 Å². The molecule has 2 rings (SSSR count). The Morgan fingerprint density at radius 3 is 2.33 bits per heavy atom. The summed E-state index contributed by atoms with van der Waals surface area (Å²) in [6, 6.07) is 1.50. The average molecular weight is 357 g/mol. The van der Waals surface area contributed by atoms with Gasteiger partial charge in [0.1, 0.15) is 11.5 Å². The van der Waals surface area contributed by atoms with Crippen molar-refractivity contribution >= 4 is 12.0 Å². The lowest BCUT2D eigenvalue weighted by atomic mass is 9.98. The van der Waals surface area contributed by atoms with Gasteiger partial charge in [-0.15, -0.1) is 13.2 Å². The fourth-order valence-electron chi connectivity index (χ4n) is 2.12. The highest BCUT2D eigenvalue weighted by atomic mass is 19.4. The predicted molar refractivity (Wildman–Crippen MR) is 67.1 cm³/mol. The van der Waals surface area contributed by atoms with Crippen molar-refractivity contribution in [2.45, 2.75) is 25.2 Å². The molecule has 0 bridgehead atoms. The maximum atomic E-state index is 12.9. The molecule has 1 aliphatic heterocycles. The third-order valence-electron chi connectivity index (χ3n) is 3.00. The lowest BCUT2D eigenvalue weighted by Crippen LogP contribution is -2.40. The zero-order chi connectivity index (χ0) is 18.3. The fourth-order valence-corrected chi connectivity index (χ4v) is 2.12. The van der Waals surface area contributed by atoms with Crippen LogP contribution in [-0.4, -0.2) is 29.7 Å². The van der Waals surface area contributed by atoms with Crippen LogP contribution < -0.4 is 15.2 Å². The highest BCUT2D eigenvalue weighted by Gasteiger charge is 2.49. The number of halogens is 6. The summed E-state index contributed by atoms with van der Waals surface area (Å²) in [4.78, 5) is 11.0. The van der Waals surface area contributed by atoms with Gasteiger partial charge in [-0.3, -0.25) is 0 Å². The predicted octanol–water partition coefficient (Wildman–Crippen LogP) is 2.84. The summed E-state index contributed by atoms with van der Waals surface area (Å²) in [5.74, 6) is -3.12. The molecule has 11 heteroatoms. The summed E-state index contributed by atoms with van der Waals surface area (Å²) < 4.78 is 84.1. The molecule has 24 heavy (non-hydrogen) atoms. The van der Waals surface area contributed by atoms with Crippen LogP contribution in [0, 0.1) is 0 Å². The Labute approximate surface area is 130 Å². The first-order valence-electron chi connectivity index (χ1n) is 6.23. The van der Waals surface area contributed by atoms with E-state index in [-0.39, 0.29) is 11.1 Å². The second-order valence-corrected chi connectivity index (χ2v) is 4.70. The molecule has 132 valence electrons. The third-order valence-corrected chi connectivity index (χ3v) is 3.00. The molecule has 1 aromatic rings. The number of carboxylic acids is 1. The molecule has 0 fully saturated rings. The number of fused-ring (bicyclic) bond motifs is 1. The number of rotatable bonds is 3. The largest absolute Gasteiger partial charge is 0.573 e. The van der Waals surface area contributed by atoms with Gasteiger partial charge < -0.3 is 20.3 Å². The fraction of sp³-hybridized carbons (Fsp3) is 0.308. The molecule has 0 spiro atoms. The van der Waals surface area contributed by atoms with Crippen molar-refractivity contribution in [2.75, 3.05) is 0 Å². The summed E-state index contributed by atoms with van der Waals surface area (Å²) >= 11 is 0. The van der Waals surface area contributed by atoms with E-state index in [0.29, 0.717) is 6.08 Å². The first-order valence-corrected chi connectivity index (χ1v) is 6.23. The average Bonchev–Trinajstić information content (AvgIpc) is 2.42. The molecule has 0 radical (unpaired) electrons. The van der Waals surface area contributed by atoms with Crippen LogP contribution in [-0.2, 0) is 11.3 Å². The molecule has 0 aromatic heterocycles. The summed E-state index contributed by atoms with van der Waals surface area (Å²) in [6.45, 7) is -0.446. The second kappa shape index (κ2) is 5.89. The zero-order valence-corrected chi connectivity index (χ0v) is 11.5. The lowest BCUT2D eigenvalue weighted by molar-refractivity contribution is -0.274. The van der Waals surface area contributed by atoms with E-state index in [1.54, 1.807) is 0 Å². The number of ether oxygens (including phenoxy) is 2. The van der Waals surface area contributed by atoms with Gasteiger partial charge in [-0.1, -0.05) is 0 Å². The standard InChI is InChI=1S/C13H9F6NO4/c14-12(15,16)10-8(11(21)22)3-5-1-7(24-13(17,18)19)2-6(4-20)9(5)23-10/h1-3,10H,4,20H2,(H,21,22). The number of benzene rings is 1. The maximum Gasteiger partial charge on any atom is 0.573 e. The summed E-state index contributed by atoms with van der Waals surface area (Å²) in [6.07, 6.45) is -12.2. The van der Waals surface area contributed by atoms with Gasteiger partial charge >= 0.3 is 18.5 Å². The zero-order valence-electron chi connectivity index (χ0n) is 11.5. The van der Waals surface area contributed by atoms with Crippen molar-refractivity contribution in [3.63, 3.8) is 0 Å². The van der Waals surface area contributed by atoms with Gasteiger partial charge in [0.05, 0.1) is 5.57 Å². The Balaban J connectivity index is 2.58. The molecule has 1 unspecified atom stereocenters. The lowest BCUT2D eigenvalue weighted by Gasteiger charge is -2.28. The topological polar surface area (TPSA) is 81.8 Å². The first-order chi connectivity index (χ1) is 10.9. The summed E-state index contributed by atoms with van der Waals surface area (Å²) in [7, 11) is 0. The highest BCUT2D eigenvalue weighted by molar-refractivity contribution is 5.95. The van der Waals surface area contributed by atoms with Crippen molar-refractivity contribution in [3.8, 4) is 11.5 Å². The van der Waals surface area contributed by atoms with Crippen molar-refractivity contribution in [3.05, 3.63) is 28.8 Å². The Kier molecular flexibility index (Phi) is 4.40. The monoisotopic (exact) mass is 357 g/mol. The van der Waals surface area contributed by atoms with Gasteiger partial charge in [-0.2, -0.15) is 13.2 Å². The summed E-state index contributed by atoms with van der Waals surface area (Å²) in [5.41, 5.74) is 3.65. The minimum atomic E-state index is -5.04. The van der Waals surface area contributed by atoms with Crippen molar-refractivity contribution in [2.24, 2.45) is 5.73 Å². The Morgan fingerprint density at radius 2 is 1.88 bits per heavy atom. The van der Waals surface area contributed by atoms with Gasteiger partial charge in [0.25, 0.3) is 0 Å². The van der Waals surface area contributed by atoms with Crippen LogP contribution in [0.1, 0.15) is 11.1 Å². The molecule has 0 saturated carbocycles. The normalized spacial score (nSPS) is 17.6. The van der Waals surface area contributed by atoms with E-state index in [0.717, 1.165) is 12.1 Å². The molecule has 1 atom stereocenters. The number of hydrogen-bond acceptors (Lipinski definition) is 4. The Bertz CT molecular complexity index is 695. The Hall–Kier alpha value is -2.43. The van der Waals surface area contributed by atoms with Crippen LogP contribution >= 0.6 is 0 Å². The van der Waals surface area contributed by atoms with Crippen LogP contribution in [0.5, 0.6) is 11.5 Å². The van der Waals surface area contributed by atoms with Crippen LogP contribution in [0.25, 0.3) is 6.08 Å². The third kappa shape index (κ3) is 3.72. The van der Waals surface area contributed by atoms with E-state index < -0.39 is 48.2 Å². The number of hydrogen-bond donors (Lipinski definition) is 2. The number of nitrogens with two attached hydrogens (primary N) is 1. The molecule has 0 amide bonds. The maximum absolute atomic E-state index is 12.9. The minimum Gasteiger partial charge on any atom is -0.478 e. The molecule has 1 aromatic carbocycles. The van der Waals surface area contributed by atoms with E-state index >= 15 is 0 Å². The van der Waals surface area contributed by atoms with E-state index in [9.17, 15) is 31.1 Å². The smallest absolute Gasteiger partial charge is 0.478 e. The van der Waals surface area contributed by atoms with E-state index in [1.165, 1.54) is 0 Å². The van der Waals surface area contributed by atoms with Crippen LogP contribution in [0.3, 0.4) is 0 Å². The molecular weight excluding hydrogens is 348 g/mol. The van der Waals surface area contributed by atoms with E-state index in [4.69, 9.17) is 10.8 Å². The van der Waals surface area contributed by atoms with Gasteiger partial charge in [-0.05, 0) is 18.2 Å². The van der Waals surface area contributed by atoms with Gasteiger partial charge in [-0.25, -0.2) is 4.79 Å². The molecular formula is C13H9F6NO4. The summed E-state index contributed by atoms with van der Waals surface area (Å²) in [5, 5.41) is 8.90. The quantitative estimate of drug-likeness (QED) is 0.813. The minimum absolute atomic E-state index is 0.193. The number of alkyl halides is 6. The van der Waals surface area contributed by atoms with Gasteiger partial charge in [0.15, 0.2) is 0 Å². The van der Waals surface area contributed by atoms with Gasteiger partial charge in [0, 0.05) is 17.7 Å². The number of carbonyl (C=O) groups is 1. The van der Waals surface area contributed by atoms with E-state index in [2.05, 4.69) is 9.47 Å². The first kappa shape index (κ1) is 17.9.